The van der Waals surface area contributed by atoms with Gasteiger partial charge in [-0.05, 0) is 18.2 Å². The van der Waals surface area contributed by atoms with Crippen molar-refractivity contribution in [2.45, 2.75) is 0 Å². The van der Waals surface area contributed by atoms with Crippen LogP contribution in [-0.2, 0) is 0 Å². The maximum Gasteiger partial charge on any atom is 0.125 e. The Bertz CT molecular complexity index is 325. The molecule has 2 N–H and O–H groups in total. The van der Waals surface area contributed by atoms with Crippen LogP contribution in [0.25, 0.3) is 0 Å². The molecule has 1 rings (SSSR count). The van der Waals surface area contributed by atoms with Crippen LogP contribution in [0.4, 0.5) is 0 Å². The van der Waals surface area contributed by atoms with E-state index in [1.807, 2.05) is 6.07 Å². The minimum Gasteiger partial charge on any atom is -0.507 e. The van der Waals surface area contributed by atoms with E-state index < -0.39 is 0 Å². The standard InChI is InChI=1S/C8H6N2O/c9-4-6-1-2-7(5-10)8(11)3-6/h1-3,5,10-11H. The van der Waals surface area contributed by atoms with Crippen LogP contribution in [0.15, 0.2) is 18.2 Å². The van der Waals surface area contributed by atoms with Crippen molar-refractivity contribution in [3.63, 3.8) is 0 Å². The van der Waals surface area contributed by atoms with Crippen molar-refractivity contribution in [1.82, 2.24) is 0 Å². The molecule has 0 fully saturated rings. The van der Waals surface area contributed by atoms with Crippen molar-refractivity contribution in [3.8, 4) is 11.8 Å². The molecule has 1 aromatic rings. The molecule has 0 amide bonds. The van der Waals surface area contributed by atoms with Gasteiger partial charge < -0.3 is 10.5 Å². The molecule has 3 nitrogen and oxygen atoms in total. The van der Waals surface area contributed by atoms with Gasteiger partial charge >= 0.3 is 0 Å². The fourth-order valence-electron chi connectivity index (χ4n) is 0.735. The molecule has 0 saturated heterocycles. The summed E-state index contributed by atoms with van der Waals surface area (Å²) in [5.74, 6) is -0.0287. The van der Waals surface area contributed by atoms with E-state index in [2.05, 4.69) is 0 Å². The number of phenolic OH excluding ortho intramolecular Hbond substituents is 1. The zero-order chi connectivity index (χ0) is 8.27. The quantitative estimate of drug-likeness (QED) is 0.585. The van der Waals surface area contributed by atoms with Gasteiger partial charge in [0.05, 0.1) is 11.6 Å². The number of phenols is 1. The van der Waals surface area contributed by atoms with Crippen molar-refractivity contribution >= 4 is 6.21 Å². The van der Waals surface area contributed by atoms with E-state index in [4.69, 9.17) is 15.8 Å². The monoisotopic (exact) mass is 146 g/mol. The summed E-state index contributed by atoms with van der Waals surface area (Å²) in [6.07, 6.45) is 1.04. The third-order valence-corrected chi connectivity index (χ3v) is 1.32. The molecule has 0 bridgehead atoms. The van der Waals surface area contributed by atoms with E-state index >= 15 is 0 Å². The molecule has 54 valence electrons. The highest BCUT2D eigenvalue weighted by Crippen LogP contribution is 2.15. The van der Waals surface area contributed by atoms with Gasteiger partial charge in [0.25, 0.3) is 0 Å². The van der Waals surface area contributed by atoms with Gasteiger partial charge in [0.1, 0.15) is 5.75 Å². The van der Waals surface area contributed by atoms with Crippen molar-refractivity contribution in [2.75, 3.05) is 0 Å². The lowest BCUT2D eigenvalue weighted by Crippen LogP contribution is -1.81. The Kier molecular flexibility index (Phi) is 1.88. The van der Waals surface area contributed by atoms with E-state index in [9.17, 15) is 0 Å². The van der Waals surface area contributed by atoms with Gasteiger partial charge in [0, 0.05) is 11.8 Å². The number of hydrogen-bond donors (Lipinski definition) is 2. The number of nitrogens with zero attached hydrogens (tertiary/aromatic N) is 1. The first-order valence-electron chi connectivity index (χ1n) is 3.01. The van der Waals surface area contributed by atoms with Crippen LogP contribution in [0.5, 0.6) is 5.75 Å². The Balaban J connectivity index is 3.22. The molecular weight excluding hydrogens is 140 g/mol. The number of nitrogens with one attached hydrogen (secondary N) is 1. The second-order valence-electron chi connectivity index (χ2n) is 2.03. The maximum atomic E-state index is 9.12. The molecule has 0 aliphatic carbocycles. The van der Waals surface area contributed by atoms with Gasteiger partial charge in [0.15, 0.2) is 0 Å². The van der Waals surface area contributed by atoms with E-state index in [0.717, 1.165) is 6.21 Å². The Morgan fingerprint density at radius 1 is 1.55 bits per heavy atom. The number of benzene rings is 1. The summed E-state index contributed by atoms with van der Waals surface area (Å²) >= 11 is 0. The molecule has 0 spiro atoms. The predicted octanol–water partition coefficient (Wildman–Crippen LogP) is 1.26. The Labute approximate surface area is 64.0 Å². The highest BCUT2D eigenvalue weighted by molar-refractivity contribution is 5.81. The lowest BCUT2D eigenvalue weighted by atomic mass is 10.1. The van der Waals surface area contributed by atoms with Crippen LogP contribution < -0.4 is 0 Å². The van der Waals surface area contributed by atoms with Gasteiger partial charge in [0.2, 0.25) is 0 Å². The molecule has 0 atom stereocenters. The summed E-state index contributed by atoms with van der Waals surface area (Å²) in [5.41, 5.74) is 0.817. The minimum atomic E-state index is -0.0287. The van der Waals surface area contributed by atoms with Crippen LogP contribution >= 0.6 is 0 Å². The van der Waals surface area contributed by atoms with E-state index in [1.165, 1.54) is 12.1 Å². The zero-order valence-corrected chi connectivity index (χ0v) is 5.70. The average Bonchev–Trinajstić information content (AvgIpc) is 2.04. The van der Waals surface area contributed by atoms with Gasteiger partial charge in [-0.1, -0.05) is 0 Å². The Hall–Kier alpha value is -1.82. The van der Waals surface area contributed by atoms with Gasteiger partial charge in [-0.2, -0.15) is 5.26 Å². The molecule has 0 aliphatic rings. The lowest BCUT2D eigenvalue weighted by Gasteiger charge is -1.96. The van der Waals surface area contributed by atoms with Gasteiger partial charge in [-0.15, -0.1) is 0 Å². The third kappa shape index (κ3) is 1.36. The normalized spacial score (nSPS) is 8.64. The molecule has 0 saturated carbocycles. The van der Waals surface area contributed by atoms with Crippen molar-refractivity contribution in [3.05, 3.63) is 29.3 Å². The number of aromatic hydroxyl groups is 1. The molecule has 0 radical (unpaired) electrons. The van der Waals surface area contributed by atoms with E-state index in [1.54, 1.807) is 6.07 Å². The third-order valence-electron chi connectivity index (χ3n) is 1.32. The fraction of sp³-hybridized carbons (Fsp3) is 0. The topological polar surface area (TPSA) is 67.9 Å². The fourth-order valence-corrected chi connectivity index (χ4v) is 0.735. The average molecular weight is 146 g/mol. The summed E-state index contributed by atoms with van der Waals surface area (Å²) in [5, 5.41) is 24.4. The second-order valence-corrected chi connectivity index (χ2v) is 2.03. The number of rotatable bonds is 1. The Morgan fingerprint density at radius 2 is 2.27 bits per heavy atom. The zero-order valence-electron chi connectivity index (χ0n) is 5.70. The summed E-state index contributed by atoms with van der Waals surface area (Å²) < 4.78 is 0. The van der Waals surface area contributed by atoms with Crippen LogP contribution in [0.1, 0.15) is 11.1 Å². The molecule has 0 aromatic heterocycles. The number of hydrogen-bond acceptors (Lipinski definition) is 3. The summed E-state index contributed by atoms with van der Waals surface area (Å²) in [6.45, 7) is 0. The van der Waals surface area contributed by atoms with Crippen LogP contribution in [0.3, 0.4) is 0 Å². The molecule has 0 unspecified atom stereocenters. The first-order chi connectivity index (χ1) is 5.27. The van der Waals surface area contributed by atoms with Crippen LogP contribution in [-0.4, -0.2) is 11.3 Å². The highest BCUT2D eigenvalue weighted by atomic mass is 16.3. The lowest BCUT2D eigenvalue weighted by molar-refractivity contribution is 0.474. The van der Waals surface area contributed by atoms with Crippen LogP contribution in [0.2, 0.25) is 0 Å². The molecule has 0 aliphatic heterocycles. The van der Waals surface area contributed by atoms with Crippen molar-refractivity contribution in [2.24, 2.45) is 0 Å². The minimum absolute atomic E-state index is 0.0287. The van der Waals surface area contributed by atoms with Crippen molar-refractivity contribution in [1.29, 1.82) is 10.7 Å². The highest BCUT2D eigenvalue weighted by Gasteiger charge is 1.97. The molecule has 3 heteroatoms. The second kappa shape index (κ2) is 2.84. The molecule has 0 heterocycles. The number of nitriles is 1. The molecular formula is C8H6N2O. The first kappa shape index (κ1) is 7.29. The summed E-state index contributed by atoms with van der Waals surface area (Å²) in [4.78, 5) is 0. The van der Waals surface area contributed by atoms with E-state index in [0.29, 0.717) is 11.1 Å². The summed E-state index contributed by atoms with van der Waals surface area (Å²) in [7, 11) is 0. The molecule has 11 heavy (non-hydrogen) atoms. The SMILES string of the molecule is N#Cc1ccc(C=N)c(O)c1. The van der Waals surface area contributed by atoms with E-state index in [-0.39, 0.29) is 5.75 Å². The van der Waals surface area contributed by atoms with Gasteiger partial charge in [-0.3, -0.25) is 0 Å². The van der Waals surface area contributed by atoms with Crippen LogP contribution in [0, 0.1) is 16.7 Å². The smallest absolute Gasteiger partial charge is 0.125 e. The largest absolute Gasteiger partial charge is 0.507 e. The summed E-state index contributed by atoms with van der Waals surface area (Å²) in [6, 6.07) is 6.30. The van der Waals surface area contributed by atoms with Gasteiger partial charge in [-0.25, -0.2) is 0 Å². The van der Waals surface area contributed by atoms with Crippen molar-refractivity contribution < 1.29 is 5.11 Å². The Morgan fingerprint density at radius 3 is 2.73 bits per heavy atom. The predicted molar refractivity (Wildman–Crippen MR) is 40.7 cm³/mol. The molecule has 1 aromatic carbocycles. The maximum absolute atomic E-state index is 9.12. The first-order valence-corrected chi connectivity index (χ1v) is 3.01.